The number of carbonyl (C=O) groups is 1. The summed E-state index contributed by atoms with van der Waals surface area (Å²) in [5.74, 6) is 1.58. The van der Waals surface area contributed by atoms with E-state index < -0.39 is 5.97 Å². The quantitative estimate of drug-likeness (QED) is 0.873. The summed E-state index contributed by atoms with van der Waals surface area (Å²) in [7, 11) is 0. The molecule has 2 heterocycles. The zero-order chi connectivity index (χ0) is 11.5. The molecule has 1 saturated heterocycles. The molecule has 1 aromatic heterocycles. The summed E-state index contributed by atoms with van der Waals surface area (Å²) in [5.41, 5.74) is 2.20. The van der Waals surface area contributed by atoms with Crippen LogP contribution in [0.5, 0.6) is 0 Å². The van der Waals surface area contributed by atoms with E-state index in [1.165, 1.54) is 12.2 Å². The molecule has 16 heavy (non-hydrogen) atoms. The highest BCUT2D eigenvalue weighted by Gasteiger charge is 2.20. The summed E-state index contributed by atoms with van der Waals surface area (Å²) < 4.78 is 2.07. The van der Waals surface area contributed by atoms with Crippen LogP contribution in [0.3, 0.4) is 0 Å². The molecule has 1 atom stereocenters. The topological polar surface area (TPSA) is 55.1 Å². The van der Waals surface area contributed by atoms with Gasteiger partial charge in [-0.1, -0.05) is 0 Å². The van der Waals surface area contributed by atoms with Gasteiger partial charge in [-0.3, -0.25) is 9.48 Å². The lowest BCUT2D eigenvalue weighted by Gasteiger charge is -2.11. The fourth-order valence-electron chi connectivity index (χ4n) is 2.03. The van der Waals surface area contributed by atoms with Gasteiger partial charge in [0.15, 0.2) is 0 Å². The summed E-state index contributed by atoms with van der Waals surface area (Å²) in [6.07, 6.45) is 3.76. The standard InChI is InChI=1S/C11H16N2O2S/c1-8-9(2-3-11(14)15)6-12-13(8)10-4-5-16-7-10/h6,10H,2-5,7H2,1H3,(H,14,15). The Hall–Kier alpha value is -0.970. The smallest absolute Gasteiger partial charge is 0.303 e. The Labute approximate surface area is 99.0 Å². The molecule has 0 amide bonds. The van der Waals surface area contributed by atoms with E-state index in [2.05, 4.69) is 9.78 Å². The molecule has 0 spiro atoms. The van der Waals surface area contributed by atoms with Crippen LogP contribution >= 0.6 is 11.8 Å². The third-order valence-electron chi connectivity index (χ3n) is 3.01. The Bertz CT molecular complexity index is 383. The van der Waals surface area contributed by atoms with Crippen LogP contribution in [-0.2, 0) is 11.2 Å². The lowest BCUT2D eigenvalue weighted by atomic mass is 10.1. The van der Waals surface area contributed by atoms with Crippen LogP contribution in [0.4, 0.5) is 0 Å². The molecule has 1 aliphatic heterocycles. The van der Waals surface area contributed by atoms with Gasteiger partial charge in [0.05, 0.1) is 12.2 Å². The molecular weight excluding hydrogens is 224 g/mol. The van der Waals surface area contributed by atoms with Crippen LogP contribution < -0.4 is 0 Å². The van der Waals surface area contributed by atoms with Crippen LogP contribution in [0.25, 0.3) is 0 Å². The first kappa shape index (κ1) is 11.5. The molecule has 0 aliphatic carbocycles. The molecule has 1 fully saturated rings. The van der Waals surface area contributed by atoms with E-state index in [0.29, 0.717) is 12.5 Å². The number of carboxylic acid groups (broad SMARTS) is 1. The van der Waals surface area contributed by atoms with Crippen LogP contribution in [0, 0.1) is 6.92 Å². The summed E-state index contributed by atoms with van der Waals surface area (Å²) in [6, 6.07) is 0.503. The zero-order valence-corrected chi connectivity index (χ0v) is 10.2. The van der Waals surface area contributed by atoms with Gasteiger partial charge in [0.25, 0.3) is 0 Å². The summed E-state index contributed by atoms with van der Waals surface area (Å²) in [5, 5.41) is 13.0. The minimum atomic E-state index is -0.747. The summed E-state index contributed by atoms with van der Waals surface area (Å²) in [4.78, 5) is 10.5. The number of thioether (sulfide) groups is 1. The largest absolute Gasteiger partial charge is 0.481 e. The van der Waals surface area contributed by atoms with Gasteiger partial charge in [0.1, 0.15) is 0 Å². The van der Waals surface area contributed by atoms with Gasteiger partial charge in [0, 0.05) is 17.9 Å². The zero-order valence-electron chi connectivity index (χ0n) is 9.35. The molecule has 0 radical (unpaired) electrons. The van der Waals surface area contributed by atoms with Crippen molar-refractivity contribution in [2.75, 3.05) is 11.5 Å². The second-order valence-corrected chi connectivity index (χ2v) is 5.26. The molecule has 88 valence electrons. The first-order valence-corrected chi connectivity index (χ1v) is 6.66. The van der Waals surface area contributed by atoms with Crippen molar-refractivity contribution in [3.05, 3.63) is 17.5 Å². The lowest BCUT2D eigenvalue weighted by Crippen LogP contribution is -2.11. The Balaban J connectivity index is 2.07. The number of carboxylic acids is 1. The highest BCUT2D eigenvalue weighted by Crippen LogP contribution is 2.29. The van der Waals surface area contributed by atoms with Gasteiger partial charge in [-0.15, -0.1) is 0 Å². The number of aromatic nitrogens is 2. The molecule has 0 aromatic carbocycles. The second kappa shape index (κ2) is 4.91. The normalized spacial score (nSPS) is 20.2. The van der Waals surface area contributed by atoms with Gasteiger partial charge in [-0.05, 0) is 31.1 Å². The maximum absolute atomic E-state index is 10.5. The minimum absolute atomic E-state index is 0.186. The number of rotatable bonds is 4. The third-order valence-corrected chi connectivity index (χ3v) is 4.15. The molecule has 1 unspecified atom stereocenters. The molecule has 0 bridgehead atoms. The van der Waals surface area contributed by atoms with Crippen molar-refractivity contribution in [2.24, 2.45) is 0 Å². The molecule has 2 rings (SSSR count). The maximum Gasteiger partial charge on any atom is 0.303 e. The van der Waals surface area contributed by atoms with Crippen molar-refractivity contribution in [3.63, 3.8) is 0 Å². The van der Waals surface area contributed by atoms with Gasteiger partial charge in [-0.25, -0.2) is 0 Å². The number of nitrogens with zero attached hydrogens (tertiary/aromatic N) is 2. The van der Waals surface area contributed by atoms with Crippen molar-refractivity contribution in [1.82, 2.24) is 9.78 Å². The summed E-state index contributed by atoms with van der Waals surface area (Å²) >= 11 is 1.96. The van der Waals surface area contributed by atoms with E-state index in [1.807, 2.05) is 24.9 Å². The number of aliphatic carboxylic acids is 1. The van der Waals surface area contributed by atoms with Crippen molar-refractivity contribution >= 4 is 17.7 Å². The Morgan fingerprint density at radius 1 is 1.75 bits per heavy atom. The average Bonchev–Trinajstić information content (AvgIpc) is 2.84. The van der Waals surface area contributed by atoms with Gasteiger partial charge in [0.2, 0.25) is 0 Å². The fourth-order valence-corrected chi connectivity index (χ4v) is 3.21. The van der Waals surface area contributed by atoms with Crippen LogP contribution in [0.2, 0.25) is 0 Å². The number of aryl methyl sites for hydroxylation is 1. The average molecular weight is 240 g/mol. The van der Waals surface area contributed by atoms with E-state index in [-0.39, 0.29) is 6.42 Å². The first-order chi connectivity index (χ1) is 7.68. The SMILES string of the molecule is Cc1c(CCC(=O)O)cnn1C1CCSC1. The van der Waals surface area contributed by atoms with E-state index in [0.717, 1.165) is 17.0 Å². The van der Waals surface area contributed by atoms with E-state index in [9.17, 15) is 4.79 Å². The highest BCUT2D eigenvalue weighted by molar-refractivity contribution is 7.99. The Kier molecular flexibility index (Phi) is 3.53. The van der Waals surface area contributed by atoms with E-state index >= 15 is 0 Å². The molecule has 0 saturated carbocycles. The summed E-state index contributed by atoms with van der Waals surface area (Å²) in [6.45, 7) is 2.03. The van der Waals surface area contributed by atoms with Gasteiger partial charge >= 0.3 is 5.97 Å². The van der Waals surface area contributed by atoms with Gasteiger partial charge < -0.3 is 5.11 Å². The minimum Gasteiger partial charge on any atom is -0.481 e. The van der Waals surface area contributed by atoms with Crippen molar-refractivity contribution in [3.8, 4) is 0 Å². The highest BCUT2D eigenvalue weighted by atomic mass is 32.2. The second-order valence-electron chi connectivity index (χ2n) is 4.11. The molecule has 5 heteroatoms. The van der Waals surface area contributed by atoms with Crippen LogP contribution in [0.1, 0.15) is 30.1 Å². The molecular formula is C11H16N2O2S. The lowest BCUT2D eigenvalue weighted by molar-refractivity contribution is -0.136. The van der Waals surface area contributed by atoms with Crippen molar-refractivity contribution in [1.29, 1.82) is 0 Å². The Morgan fingerprint density at radius 3 is 3.19 bits per heavy atom. The van der Waals surface area contributed by atoms with Crippen molar-refractivity contribution < 1.29 is 9.90 Å². The van der Waals surface area contributed by atoms with E-state index in [1.54, 1.807) is 0 Å². The van der Waals surface area contributed by atoms with Crippen molar-refractivity contribution in [2.45, 2.75) is 32.2 Å². The predicted molar refractivity (Wildman–Crippen MR) is 63.9 cm³/mol. The fraction of sp³-hybridized carbons (Fsp3) is 0.636. The molecule has 1 aliphatic rings. The Morgan fingerprint density at radius 2 is 2.56 bits per heavy atom. The first-order valence-electron chi connectivity index (χ1n) is 5.51. The van der Waals surface area contributed by atoms with Gasteiger partial charge in [-0.2, -0.15) is 16.9 Å². The monoisotopic (exact) mass is 240 g/mol. The van der Waals surface area contributed by atoms with Crippen LogP contribution in [0.15, 0.2) is 6.20 Å². The number of hydrogen-bond acceptors (Lipinski definition) is 3. The maximum atomic E-state index is 10.5. The predicted octanol–water partition coefficient (Wildman–Crippen LogP) is 1.89. The van der Waals surface area contributed by atoms with E-state index in [4.69, 9.17) is 5.11 Å². The molecule has 1 N–H and O–H groups in total. The number of hydrogen-bond donors (Lipinski definition) is 1. The van der Waals surface area contributed by atoms with Crippen LogP contribution in [-0.4, -0.2) is 32.4 Å². The molecule has 1 aromatic rings. The molecule has 4 nitrogen and oxygen atoms in total. The third kappa shape index (κ3) is 2.40.